The molecule has 0 spiro atoms. The van der Waals surface area contributed by atoms with Crippen molar-refractivity contribution < 1.29 is 26.4 Å². The van der Waals surface area contributed by atoms with Gasteiger partial charge in [-0.3, -0.25) is 14.2 Å². The third-order valence-electron chi connectivity index (χ3n) is 6.22. The molecule has 0 saturated carbocycles. The molecule has 9 nitrogen and oxygen atoms in total. The van der Waals surface area contributed by atoms with Crippen LogP contribution in [-0.4, -0.2) is 49.1 Å². The maximum Gasteiger partial charge on any atom is 0.266 e. The zero-order valence-electron chi connectivity index (χ0n) is 20.4. The van der Waals surface area contributed by atoms with E-state index >= 15 is 0 Å². The van der Waals surface area contributed by atoms with E-state index in [1.807, 2.05) is 4.72 Å². The van der Waals surface area contributed by atoms with Crippen molar-refractivity contribution in [3.8, 4) is 0 Å². The van der Waals surface area contributed by atoms with Crippen molar-refractivity contribution >= 4 is 38.5 Å². The largest absolute Gasteiger partial charge is 0.378 e. The number of rotatable bonds is 6. The van der Waals surface area contributed by atoms with Crippen molar-refractivity contribution in [3.05, 3.63) is 63.7 Å². The number of carbonyl (C=O) groups is 1. The minimum absolute atomic E-state index is 0.00589. The number of benzene rings is 2. The summed E-state index contributed by atoms with van der Waals surface area (Å²) in [6.07, 6.45) is 0.110. The first-order chi connectivity index (χ1) is 17.3. The lowest BCUT2D eigenvalue weighted by atomic mass is 10.0. The summed E-state index contributed by atoms with van der Waals surface area (Å²) in [4.78, 5) is 31.8. The van der Waals surface area contributed by atoms with Crippen molar-refractivity contribution in [1.29, 1.82) is 0 Å². The number of alkyl halides is 2. The van der Waals surface area contributed by atoms with E-state index in [9.17, 15) is 31.2 Å². The predicted octanol–water partition coefficient (Wildman–Crippen LogP) is 3.17. The van der Waals surface area contributed by atoms with E-state index in [1.54, 1.807) is 30.0 Å². The Labute approximate surface area is 211 Å². The van der Waals surface area contributed by atoms with Gasteiger partial charge in [0.15, 0.2) is 0 Å². The number of para-hydroxylation sites is 1. The first-order valence-electron chi connectivity index (χ1n) is 11.5. The van der Waals surface area contributed by atoms with Crippen LogP contribution in [0.1, 0.15) is 41.7 Å². The molecular weight excluding hydrogens is 511 g/mol. The summed E-state index contributed by atoms with van der Waals surface area (Å²) in [6.45, 7) is 1.68. The van der Waals surface area contributed by atoms with Gasteiger partial charge in [0.25, 0.3) is 17.4 Å². The van der Waals surface area contributed by atoms with Crippen molar-refractivity contribution in [2.45, 2.75) is 31.7 Å². The number of carbonyl (C=O) groups excluding carboxylic acids is 1. The fourth-order valence-electron chi connectivity index (χ4n) is 4.34. The number of piperidine rings is 1. The number of halogens is 3. The third-order valence-corrected chi connectivity index (χ3v) is 6.77. The van der Waals surface area contributed by atoms with Crippen molar-refractivity contribution in [3.63, 3.8) is 0 Å². The molecule has 1 fully saturated rings. The molecule has 2 N–H and O–H groups in total. The van der Waals surface area contributed by atoms with Gasteiger partial charge in [-0.2, -0.15) is 0 Å². The fourth-order valence-corrected chi connectivity index (χ4v) is 4.79. The van der Waals surface area contributed by atoms with Crippen molar-refractivity contribution in [1.82, 2.24) is 14.3 Å². The average Bonchev–Trinajstić information content (AvgIpc) is 2.80. The Kier molecular flexibility index (Phi) is 6.93. The van der Waals surface area contributed by atoms with E-state index < -0.39 is 39.3 Å². The summed E-state index contributed by atoms with van der Waals surface area (Å²) in [5.74, 6) is -4.11. The standard InChI is InChI=1S/C24H26F3N5O4S/c1-14(28-19-7-5-4-6-16(19)21(33)30-37(3,35)36)17-12-15(25)13-18-20(17)29-23(31(2)22(18)34)32-10-8-24(26,27)9-11-32/h4-7,12-14,28H,8-11H2,1-3H3,(H,30,33)/t14-/m1/s1. The molecule has 2 aromatic carbocycles. The summed E-state index contributed by atoms with van der Waals surface area (Å²) in [6, 6.07) is 7.77. The van der Waals surface area contributed by atoms with Gasteiger partial charge < -0.3 is 10.2 Å². The summed E-state index contributed by atoms with van der Waals surface area (Å²) in [5, 5.41) is 3.09. The molecule has 37 heavy (non-hydrogen) atoms. The highest BCUT2D eigenvalue weighted by molar-refractivity contribution is 7.89. The molecule has 1 aromatic heterocycles. The van der Waals surface area contributed by atoms with Gasteiger partial charge in [-0.15, -0.1) is 0 Å². The maximum absolute atomic E-state index is 14.6. The van der Waals surface area contributed by atoms with Crippen LogP contribution in [0.15, 0.2) is 41.2 Å². The normalized spacial score (nSPS) is 16.4. The zero-order chi connectivity index (χ0) is 27.1. The summed E-state index contributed by atoms with van der Waals surface area (Å²) in [5.41, 5.74) is 0.276. The van der Waals surface area contributed by atoms with Gasteiger partial charge in [-0.1, -0.05) is 12.1 Å². The van der Waals surface area contributed by atoms with Gasteiger partial charge in [0.1, 0.15) is 5.82 Å². The second kappa shape index (κ2) is 9.69. The third kappa shape index (κ3) is 5.71. The topological polar surface area (TPSA) is 113 Å². The lowest BCUT2D eigenvalue weighted by Gasteiger charge is -2.33. The minimum Gasteiger partial charge on any atom is -0.378 e. The van der Waals surface area contributed by atoms with Crippen LogP contribution in [-0.2, 0) is 17.1 Å². The molecule has 4 rings (SSSR count). The lowest BCUT2D eigenvalue weighted by molar-refractivity contribution is -0.0223. The molecule has 13 heteroatoms. The van der Waals surface area contributed by atoms with Crippen LogP contribution >= 0.6 is 0 Å². The Morgan fingerprint density at radius 2 is 1.81 bits per heavy atom. The Hall–Kier alpha value is -3.61. The van der Waals surface area contributed by atoms with Crippen LogP contribution in [0, 0.1) is 5.82 Å². The number of anilines is 2. The van der Waals surface area contributed by atoms with Crippen LogP contribution in [0.2, 0.25) is 0 Å². The predicted molar refractivity (Wildman–Crippen MR) is 134 cm³/mol. The number of nitrogens with zero attached hydrogens (tertiary/aromatic N) is 3. The van der Waals surface area contributed by atoms with E-state index in [0.717, 1.165) is 12.3 Å². The second-order valence-corrected chi connectivity index (χ2v) is 10.9. The maximum atomic E-state index is 14.6. The number of nitrogens with one attached hydrogen (secondary N) is 2. The fraction of sp³-hybridized carbons (Fsp3) is 0.375. The highest BCUT2D eigenvalue weighted by Gasteiger charge is 2.35. The number of fused-ring (bicyclic) bond motifs is 1. The minimum atomic E-state index is -3.81. The Balaban J connectivity index is 1.75. The van der Waals surface area contributed by atoms with Crippen LogP contribution < -0.4 is 20.5 Å². The number of sulfonamides is 1. The molecule has 3 aromatic rings. The molecule has 0 aliphatic carbocycles. The molecule has 1 aliphatic rings. The molecule has 0 unspecified atom stereocenters. The van der Waals surface area contributed by atoms with Crippen molar-refractivity contribution in [2.75, 3.05) is 29.6 Å². The van der Waals surface area contributed by atoms with E-state index in [2.05, 4.69) is 10.3 Å². The Morgan fingerprint density at radius 1 is 1.16 bits per heavy atom. The number of amides is 1. The molecular formula is C24H26F3N5O4S. The Bertz CT molecular complexity index is 1530. The lowest BCUT2D eigenvalue weighted by Crippen LogP contribution is -2.42. The second-order valence-electron chi connectivity index (χ2n) is 9.13. The zero-order valence-corrected chi connectivity index (χ0v) is 21.2. The molecule has 1 aliphatic heterocycles. The van der Waals surface area contributed by atoms with E-state index in [1.165, 1.54) is 23.7 Å². The highest BCUT2D eigenvalue weighted by Crippen LogP contribution is 2.32. The molecule has 2 heterocycles. The van der Waals surface area contributed by atoms with Crippen LogP contribution in [0.3, 0.4) is 0 Å². The molecule has 1 saturated heterocycles. The van der Waals surface area contributed by atoms with Gasteiger partial charge in [-0.25, -0.2) is 31.3 Å². The average molecular weight is 538 g/mol. The van der Waals surface area contributed by atoms with E-state index in [4.69, 9.17) is 0 Å². The quantitative estimate of drug-likeness (QED) is 0.497. The first kappa shape index (κ1) is 26.5. The molecule has 0 bridgehead atoms. The summed E-state index contributed by atoms with van der Waals surface area (Å²) >= 11 is 0. The van der Waals surface area contributed by atoms with Gasteiger partial charge in [0.05, 0.1) is 28.8 Å². The molecule has 198 valence electrons. The SMILES string of the molecule is C[C@@H](Nc1ccccc1C(=O)NS(C)(=O)=O)c1cc(F)cc2c(=O)n(C)c(N3CCC(F)(F)CC3)nc12. The van der Waals surface area contributed by atoms with Crippen LogP contribution in [0.5, 0.6) is 0 Å². The van der Waals surface area contributed by atoms with Gasteiger partial charge in [0.2, 0.25) is 16.0 Å². The first-order valence-corrected chi connectivity index (χ1v) is 13.4. The summed E-state index contributed by atoms with van der Waals surface area (Å²) in [7, 11) is -2.35. The monoisotopic (exact) mass is 537 g/mol. The van der Waals surface area contributed by atoms with Crippen molar-refractivity contribution in [2.24, 2.45) is 7.05 Å². The Morgan fingerprint density at radius 3 is 2.46 bits per heavy atom. The van der Waals surface area contributed by atoms with Crippen LogP contribution in [0.4, 0.5) is 24.8 Å². The molecule has 0 radical (unpaired) electrons. The number of aromatic nitrogens is 2. The van der Waals surface area contributed by atoms with Crippen LogP contribution in [0.25, 0.3) is 10.9 Å². The van der Waals surface area contributed by atoms with E-state index in [0.29, 0.717) is 5.56 Å². The molecule has 1 atom stereocenters. The highest BCUT2D eigenvalue weighted by atomic mass is 32.2. The van der Waals surface area contributed by atoms with Gasteiger partial charge in [-0.05, 0) is 31.2 Å². The van der Waals surface area contributed by atoms with Gasteiger partial charge >= 0.3 is 0 Å². The molecule has 1 amide bonds. The number of hydrogen-bond acceptors (Lipinski definition) is 7. The van der Waals surface area contributed by atoms with Gasteiger partial charge in [0, 0.05) is 44.2 Å². The van der Waals surface area contributed by atoms with E-state index in [-0.39, 0.29) is 54.0 Å². The summed E-state index contributed by atoms with van der Waals surface area (Å²) < 4.78 is 68.2. The smallest absolute Gasteiger partial charge is 0.266 e. The number of hydrogen-bond donors (Lipinski definition) is 2.